The summed E-state index contributed by atoms with van der Waals surface area (Å²) in [5.74, 6) is -1.88. The Balaban J connectivity index is 1.00. The van der Waals surface area contributed by atoms with Gasteiger partial charge in [0.25, 0.3) is 0 Å². The number of carboxylic acids is 1. The molecular weight excluding hydrogens is 761 g/mol. The third-order valence-electron chi connectivity index (χ3n) is 13.6. The van der Waals surface area contributed by atoms with Crippen LogP contribution in [-0.2, 0) is 34.8 Å². The molecule has 5 aliphatic carbocycles. The number of carbonyl (C=O) groups excluding carboxylic acids is 3. The van der Waals surface area contributed by atoms with E-state index in [4.69, 9.17) is 24.1 Å². The zero-order valence-electron chi connectivity index (χ0n) is 32.5. The number of fused-ring (bicyclic) bond motifs is 4. The molecule has 1 saturated heterocycles. The number of aliphatic carboxylic acids is 1. The number of hydrogen-bond acceptors (Lipinski definition) is 10. The summed E-state index contributed by atoms with van der Waals surface area (Å²) in [5, 5.41) is 30.4. The SMILES string of the molecule is C[C@]12CCC(=O)C=C1CC[C@@H]1C2=CC[C@]23O[C@]2(C(=O)COC(=O)O[C@H](/C=C/[C@@H]2[C@@H](C/C=C\CCCC(=O)O)[C@@H](O)C[C@H]2O)COc2cccc(C(F)(F)F)c2)CC[C@@H]13. The number of carbonyl (C=O) groups is 4. The molecule has 1 heterocycles. The van der Waals surface area contributed by atoms with Crippen LogP contribution in [0.1, 0.15) is 89.5 Å². The van der Waals surface area contributed by atoms with Gasteiger partial charge in [0, 0.05) is 30.6 Å². The number of unbranched alkanes of at least 4 members (excludes halogenated alkanes) is 1. The van der Waals surface area contributed by atoms with Gasteiger partial charge in [-0.05, 0) is 106 Å². The number of epoxide rings is 1. The first kappa shape index (κ1) is 41.9. The molecule has 0 amide bonds. The number of halogens is 3. The molecule has 58 heavy (non-hydrogen) atoms. The van der Waals surface area contributed by atoms with Gasteiger partial charge in [0.15, 0.2) is 24.1 Å². The molecule has 314 valence electrons. The number of ketones is 2. The topological polar surface area (TPSA) is 169 Å². The summed E-state index contributed by atoms with van der Waals surface area (Å²) >= 11 is 0. The Labute approximate surface area is 334 Å². The maximum Gasteiger partial charge on any atom is 0.509 e. The second kappa shape index (κ2) is 16.4. The van der Waals surface area contributed by atoms with E-state index >= 15 is 0 Å². The smallest absolute Gasteiger partial charge is 0.489 e. The van der Waals surface area contributed by atoms with Gasteiger partial charge in [0.1, 0.15) is 18.0 Å². The molecule has 1 spiro atoms. The summed E-state index contributed by atoms with van der Waals surface area (Å²) in [6, 6.07) is 4.22. The summed E-state index contributed by atoms with van der Waals surface area (Å²) < 4.78 is 63.0. The first-order valence-corrected chi connectivity index (χ1v) is 20.3. The number of aliphatic hydroxyl groups excluding tert-OH is 2. The zero-order chi connectivity index (χ0) is 41.5. The van der Waals surface area contributed by atoms with Crippen LogP contribution in [0, 0.1) is 29.1 Å². The van der Waals surface area contributed by atoms with E-state index in [-0.39, 0.29) is 47.4 Å². The van der Waals surface area contributed by atoms with Crippen LogP contribution in [0.25, 0.3) is 0 Å². The fraction of sp³-hybridized carbons (Fsp3) is 0.591. The zero-order valence-corrected chi connectivity index (χ0v) is 32.5. The third-order valence-corrected chi connectivity index (χ3v) is 13.6. The standard InChI is InChI=1S/C44H51F3O11/c1-41-18-15-28(48)21-26(41)11-13-33-34(41)16-19-42-35(33)17-20-43(42,58-42)38(51)25-56-40(54)57-30(24-55-29-8-6-7-27(22-29)44(45,46)47)12-14-32-31(36(49)23-37(32)50)9-4-2-3-5-10-39(52)53/h2,4,6-8,12,14,16,21-22,30-33,35-37,49-50H,3,5,9-11,13,15,17-20,23-25H2,1H3,(H,52,53)/b4-2-,14-12+/t30-,31-,32-,33-,35+,36+,37-,41+,42-,43+/m1/s1. The highest BCUT2D eigenvalue weighted by Crippen LogP contribution is 2.72. The van der Waals surface area contributed by atoms with E-state index < -0.39 is 78.4 Å². The molecule has 11 nitrogen and oxygen atoms in total. The van der Waals surface area contributed by atoms with Crippen LogP contribution in [0.2, 0.25) is 0 Å². The summed E-state index contributed by atoms with van der Waals surface area (Å²) in [7, 11) is 0. The van der Waals surface area contributed by atoms with Crippen molar-refractivity contribution in [3.05, 3.63) is 77.4 Å². The van der Waals surface area contributed by atoms with E-state index in [1.54, 1.807) is 6.08 Å². The number of ether oxygens (including phenoxy) is 4. The van der Waals surface area contributed by atoms with Crippen molar-refractivity contribution in [3.8, 4) is 5.75 Å². The van der Waals surface area contributed by atoms with Crippen LogP contribution in [0.3, 0.4) is 0 Å². The number of alkyl halides is 3. The normalized spacial score (nSPS) is 34.3. The highest BCUT2D eigenvalue weighted by Gasteiger charge is 2.81. The number of allylic oxidation sites excluding steroid dienone is 5. The molecule has 0 radical (unpaired) electrons. The molecule has 1 aliphatic heterocycles. The average Bonchev–Trinajstić information content (AvgIpc) is 3.57. The molecular formula is C44H51F3O11. The van der Waals surface area contributed by atoms with E-state index in [0.29, 0.717) is 38.5 Å². The van der Waals surface area contributed by atoms with Crippen molar-refractivity contribution >= 4 is 23.7 Å². The Kier molecular flexibility index (Phi) is 11.8. The van der Waals surface area contributed by atoms with Crippen LogP contribution in [0.15, 0.2) is 71.9 Å². The van der Waals surface area contributed by atoms with Gasteiger partial charge in [-0.1, -0.05) is 48.4 Å². The van der Waals surface area contributed by atoms with E-state index in [1.807, 2.05) is 18.2 Å². The molecule has 1 aromatic carbocycles. The molecule has 3 saturated carbocycles. The molecule has 3 N–H and O–H groups in total. The van der Waals surface area contributed by atoms with Crippen molar-refractivity contribution < 1.29 is 66.6 Å². The van der Waals surface area contributed by atoms with Gasteiger partial charge in [-0.15, -0.1) is 0 Å². The van der Waals surface area contributed by atoms with Crippen molar-refractivity contribution in [3.63, 3.8) is 0 Å². The Bertz CT molecular complexity index is 1900. The van der Waals surface area contributed by atoms with Crippen molar-refractivity contribution in [2.24, 2.45) is 29.1 Å². The number of aliphatic hydroxyl groups is 2. The molecule has 0 aromatic heterocycles. The maximum absolute atomic E-state index is 13.8. The molecule has 1 aromatic rings. The Hall–Kier alpha value is -4.27. The molecule has 0 unspecified atom stereocenters. The van der Waals surface area contributed by atoms with Crippen LogP contribution >= 0.6 is 0 Å². The predicted molar refractivity (Wildman–Crippen MR) is 201 cm³/mol. The summed E-state index contributed by atoms with van der Waals surface area (Å²) in [4.78, 5) is 49.9. The second-order valence-electron chi connectivity index (χ2n) is 16.9. The lowest BCUT2D eigenvalue weighted by molar-refractivity contribution is -0.138. The monoisotopic (exact) mass is 812 g/mol. The number of benzene rings is 1. The Morgan fingerprint density at radius 1 is 1.09 bits per heavy atom. The molecule has 14 heteroatoms. The lowest BCUT2D eigenvalue weighted by Gasteiger charge is -2.50. The van der Waals surface area contributed by atoms with Crippen molar-refractivity contribution in [1.29, 1.82) is 0 Å². The van der Waals surface area contributed by atoms with E-state index in [2.05, 4.69) is 13.0 Å². The van der Waals surface area contributed by atoms with E-state index in [1.165, 1.54) is 29.4 Å². The first-order chi connectivity index (χ1) is 27.6. The average molecular weight is 813 g/mol. The highest BCUT2D eigenvalue weighted by molar-refractivity contribution is 5.95. The second-order valence-corrected chi connectivity index (χ2v) is 16.9. The molecule has 0 bridgehead atoms. The quantitative estimate of drug-likeness (QED) is 0.0706. The van der Waals surface area contributed by atoms with Gasteiger partial charge in [0.2, 0.25) is 5.78 Å². The minimum atomic E-state index is -4.62. The summed E-state index contributed by atoms with van der Waals surface area (Å²) in [5.41, 5.74) is -0.313. The van der Waals surface area contributed by atoms with Crippen molar-refractivity contribution in [1.82, 2.24) is 0 Å². The number of carboxylic acid groups (broad SMARTS) is 1. The molecule has 6 aliphatic rings. The minimum absolute atomic E-state index is 0.0274. The number of rotatable bonds is 15. The molecule has 4 fully saturated rings. The van der Waals surface area contributed by atoms with Crippen molar-refractivity contribution in [2.75, 3.05) is 13.2 Å². The first-order valence-electron chi connectivity index (χ1n) is 20.3. The largest absolute Gasteiger partial charge is 0.509 e. The fourth-order valence-electron chi connectivity index (χ4n) is 10.6. The van der Waals surface area contributed by atoms with E-state index in [9.17, 15) is 42.6 Å². The predicted octanol–water partition coefficient (Wildman–Crippen LogP) is 7.24. The van der Waals surface area contributed by atoms with Gasteiger partial charge < -0.3 is 34.3 Å². The third kappa shape index (κ3) is 8.16. The molecule has 10 atom stereocenters. The van der Waals surface area contributed by atoms with Crippen LogP contribution in [0.4, 0.5) is 18.0 Å². The van der Waals surface area contributed by atoms with Gasteiger partial charge in [-0.25, -0.2) is 4.79 Å². The lowest BCUT2D eigenvalue weighted by Crippen LogP contribution is -2.45. The summed E-state index contributed by atoms with van der Waals surface area (Å²) in [6.45, 7) is 1.18. The van der Waals surface area contributed by atoms with Crippen LogP contribution < -0.4 is 4.74 Å². The van der Waals surface area contributed by atoms with Crippen LogP contribution in [-0.4, -0.2) is 81.7 Å². The van der Waals surface area contributed by atoms with Gasteiger partial charge in [0.05, 0.1) is 17.8 Å². The maximum atomic E-state index is 13.8. The Morgan fingerprint density at radius 3 is 2.67 bits per heavy atom. The minimum Gasteiger partial charge on any atom is -0.489 e. The highest BCUT2D eigenvalue weighted by atomic mass is 19.4. The van der Waals surface area contributed by atoms with Gasteiger partial charge in [-0.3, -0.25) is 14.4 Å². The lowest BCUT2D eigenvalue weighted by atomic mass is 9.54. The van der Waals surface area contributed by atoms with Gasteiger partial charge in [-0.2, -0.15) is 13.2 Å². The molecule has 7 rings (SSSR count). The Morgan fingerprint density at radius 2 is 1.90 bits per heavy atom. The number of hydrogen-bond donors (Lipinski definition) is 3. The summed E-state index contributed by atoms with van der Waals surface area (Å²) in [6.07, 6.45) is 8.13. The fourth-order valence-corrected chi connectivity index (χ4v) is 10.6. The van der Waals surface area contributed by atoms with Crippen LogP contribution in [0.5, 0.6) is 5.75 Å². The number of Topliss-reactive ketones (excluding diaryl/α,β-unsaturated/α-hetero) is 1. The van der Waals surface area contributed by atoms with Gasteiger partial charge >= 0.3 is 18.3 Å². The van der Waals surface area contributed by atoms with E-state index in [0.717, 1.165) is 37.8 Å². The van der Waals surface area contributed by atoms with Crippen molar-refractivity contribution in [2.45, 2.75) is 120 Å².